The molecule has 0 spiro atoms. The Balaban J connectivity index is 1.98. The Morgan fingerprint density at radius 2 is 1.56 bits per heavy atom. The first-order valence-electron chi connectivity index (χ1n) is 7.96. The highest BCUT2D eigenvalue weighted by Crippen LogP contribution is 2.27. The monoisotopic (exact) mass is 395 g/mol. The van der Waals surface area contributed by atoms with Gasteiger partial charge >= 0.3 is 10.1 Å². The summed E-state index contributed by atoms with van der Waals surface area (Å²) in [4.78, 5) is -0.00533. The molecule has 4 nitrogen and oxygen atoms in total. The van der Waals surface area contributed by atoms with Gasteiger partial charge in [0.25, 0.3) is 0 Å². The van der Waals surface area contributed by atoms with E-state index >= 15 is 0 Å². The van der Waals surface area contributed by atoms with Crippen molar-refractivity contribution in [1.82, 2.24) is 0 Å². The van der Waals surface area contributed by atoms with Crippen LogP contribution in [-0.4, -0.2) is 8.42 Å². The lowest BCUT2D eigenvalue weighted by Crippen LogP contribution is -2.10. The highest BCUT2D eigenvalue weighted by molar-refractivity contribution is 7.87. The van der Waals surface area contributed by atoms with Crippen molar-refractivity contribution in [3.05, 3.63) is 95.0 Å². The zero-order chi connectivity index (χ0) is 19.3. The molecule has 3 aromatic rings. The third-order valence-corrected chi connectivity index (χ3v) is 5.23. The maximum atomic E-state index is 12.5. The van der Waals surface area contributed by atoms with E-state index in [-0.39, 0.29) is 10.6 Å². The average molecular weight is 396 g/mol. The van der Waals surface area contributed by atoms with Crippen molar-refractivity contribution in [3.8, 4) is 11.8 Å². The predicted molar refractivity (Wildman–Crippen MR) is 106 cm³/mol. The second-order valence-electron chi connectivity index (χ2n) is 5.57. The molecule has 27 heavy (non-hydrogen) atoms. The van der Waals surface area contributed by atoms with Crippen molar-refractivity contribution < 1.29 is 12.6 Å². The second-order valence-corrected chi connectivity index (χ2v) is 7.55. The molecule has 0 radical (unpaired) electrons. The summed E-state index contributed by atoms with van der Waals surface area (Å²) in [6.45, 7) is 0. The summed E-state index contributed by atoms with van der Waals surface area (Å²) in [5.74, 6) is 0.135. The fourth-order valence-electron chi connectivity index (χ4n) is 2.40. The molecule has 3 rings (SSSR count). The van der Waals surface area contributed by atoms with Gasteiger partial charge in [-0.25, -0.2) is 0 Å². The number of nitriles is 1. The molecule has 0 aromatic heterocycles. The van der Waals surface area contributed by atoms with Gasteiger partial charge in [-0.1, -0.05) is 60.1 Å². The SMILES string of the molecule is N#C/C(=C\c1ccccc1OS(=O)(=O)c1ccc(Cl)cc1)c1ccccc1. The lowest BCUT2D eigenvalue weighted by molar-refractivity contribution is 0.485. The fourth-order valence-corrected chi connectivity index (χ4v) is 3.48. The molecule has 0 amide bonds. The summed E-state index contributed by atoms with van der Waals surface area (Å²) in [6, 6.07) is 23.6. The Kier molecular flexibility index (Phi) is 5.60. The summed E-state index contributed by atoms with van der Waals surface area (Å²) < 4.78 is 30.4. The average Bonchev–Trinajstić information content (AvgIpc) is 2.68. The Hall–Kier alpha value is -3.07. The van der Waals surface area contributed by atoms with Crippen LogP contribution in [0.3, 0.4) is 0 Å². The number of para-hydroxylation sites is 1. The van der Waals surface area contributed by atoms with Crippen LogP contribution in [0.15, 0.2) is 83.8 Å². The minimum absolute atomic E-state index is 0.00533. The summed E-state index contributed by atoms with van der Waals surface area (Å²) in [5.41, 5.74) is 1.61. The van der Waals surface area contributed by atoms with Crippen LogP contribution in [0, 0.1) is 11.3 Å². The van der Waals surface area contributed by atoms with E-state index in [0.29, 0.717) is 16.2 Å². The molecule has 6 heteroatoms. The number of allylic oxidation sites excluding steroid dienone is 1. The van der Waals surface area contributed by atoms with Gasteiger partial charge < -0.3 is 4.18 Å². The minimum Gasteiger partial charge on any atom is -0.378 e. The molecule has 0 unspecified atom stereocenters. The number of hydrogen-bond donors (Lipinski definition) is 0. The van der Waals surface area contributed by atoms with Crippen LogP contribution in [0.4, 0.5) is 0 Å². The number of rotatable bonds is 5. The Morgan fingerprint density at radius 3 is 2.22 bits per heavy atom. The van der Waals surface area contributed by atoms with Gasteiger partial charge in [0, 0.05) is 10.6 Å². The third kappa shape index (κ3) is 4.56. The zero-order valence-electron chi connectivity index (χ0n) is 14.0. The molecular weight excluding hydrogens is 382 g/mol. The Labute approximate surface area is 163 Å². The van der Waals surface area contributed by atoms with Gasteiger partial charge in [0.2, 0.25) is 0 Å². The molecule has 0 aliphatic carbocycles. The van der Waals surface area contributed by atoms with E-state index in [0.717, 1.165) is 5.56 Å². The topological polar surface area (TPSA) is 67.2 Å². The molecule has 0 atom stereocenters. The highest BCUT2D eigenvalue weighted by Gasteiger charge is 2.18. The molecule has 3 aromatic carbocycles. The maximum absolute atomic E-state index is 12.5. The van der Waals surface area contributed by atoms with Crippen LogP contribution in [0.1, 0.15) is 11.1 Å². The molecular formula is C21H14ClNO3S. The predicted octanol–water partition coefficient (Wildman–Crippen LogP) is 5.17. The summed E-state index contributed by atoms with van der Waals surface area (Å²) in [6.07, 6.45) is 1.60. The van der Waals surface area contributed by atoms with Gasteiger partial charge in [-0.15, -0.1) is 0 Å². The van der Waals surface area contributed by atoms with E-state index in [9.17, 15) is 13.7 Å². The lowest BCUT2D eigenvalue weighted by atomic mass is 10.0. The van der Waals surface area contributed by atoms with Gasteiger partial charge in [0.1, 0.15) is 10.6 Å². The Bertz CT molecular complexity index is 1120. The smallest absolute Gasteiger partial charge is 0.339 e. The minimum atomic E-state index is -4.03. The van der Waals surface area contributed by atoms with Crippen LogP contribution in [-0.2, 0) is 10.1 Å². The molecule has 0 bridgehead atoms. The summed E-state index contributed by atoms with van der Waals surface area (Å²) in [7, 11) is -4.03. The van der Waals surface area contributed by atoms with Gasteiger partial charge in [0.05, 0.1) is 11.6 Å². The van der Waals surface area contributed by atoms with E-state index in [1.807, 2.05) is 30.3 Å². The fraction of sp³-hybridized carbons (Fsp3) is 0. The van der Waals surface area contributed by atoms with Gasteiger partial charge in [-0.2, -0.15) is 13.7 Å². The molecule has 0 fully saturated rings. The number of benzene rings is 3. The van der Waals surface area contributed by atoms with E-state index in [4.69, 9.17) is 15.8 Å². The lowest BCUT2D eigenvalue weighted by Gasteiger charge is -2.10. The van der Waals surface area contributed by atoms with Crippen LogP contribution >= 0.6 is 11.6 Å². The van der Waals surface area contributed by atoms with Crippen molar-refractivity contribution in [2.24, 2.45) is 0 Å². The van der Waals surface area contributed by atoms with E-state index in [2.05, 4.69) is 6.07 Å². The van der Waals surface area contributed by atoms with Crippen molar-refractivity contribution in [1.29, 1.82) is 5.26 Å². The van der Waals surface area contributed by atoms with Gasteiger partial charge in [0.15, 0.2) is 0 Å². The van der Waals surface area contributed by atoms with Crippen molar-refractivity contribution >= 4 is 33.4 Å². The Morgan fingerprint density at radius 1 is 0.926 bits per heavy atom. The standard InChI is InChI=1S/C21H14ClNO3S/c22-19-10-12-20(13-11-19)27(24,25)26-21-9-5-4-8-17(21)14-18(15-23)16-6-2-1-3-7-16/h1-14H/b18-14+. The van der Waals surface area contributed by atoms with Crippen LogP contribution < -0.4 is 4.18 Å². The first kappa shape index (κ1) is 18.7. The first-order valence-corrected chi connectivity index (χ1v) is 9.74. The maximum Gasteiger partial charge on any atom is 0.339 e. The number of nitrogens with zero attached hydrogens (tertiary/aromatic N) is 1. The highest BCUT2D eigenvalue weighted by atomic mass is 35.5. The first-order chi connectivity index (χ1) is 13.0. The number of halogens is 1. The van der Waals surface area contributed by atoms with Crippen molar-refractivity contribution in [2.45, 2.75) is 4.90 Å². The molecule has 0 saturated carbocycles. The largest absolute Gasteiger partial charge is 0.378 e. The third-order valence-electron chi connectivity index (χ3n) is 3.73. The van der Waals surface area contributed by atoms with Gasteiger partial charge in [-0.3, -0.25) is 0 Å². The summed E-state index contributed by atoms with van der Waals surface area (Å²) in [5, 5.41) is 9.91. The van der Waals surface area contributed by atoms with Crippen molar-refractivity contribution in [2.75, 3.05) is 0 Å². The molecule has 134 valence electrons. The van der Waals surface area contributed by atoms with E-state index in [1.54, 1.807) is 30.3 Å². The zero-order valence-corrected chi connectivity index (χ0v) is 15.6. The normalized spacial score (nSPS) is 11.6. The molecule has 0 heterocycles. The van der Waals surface area contributed by atoms with Crippen LogP contribution in [0.2, 0.25) is 5.02 Å². The van der Waals surface area contributed by atoms with E-state index < -0.39 is 10.1 Å². The van der Waals surface area contributed by atoms with Gasteiger partial charge in [-0.05, 0) is 42.0 Å². The molecule has 0 aliphatic rings. The van der Waals surface area contributed by atoms with E-state index in [1.165, 1.54) is 24.3 Å². The van der Waals surface area contributed by atoms with Crippen LogP contribution in [0.5, 0.6) is 5.75 Å². The molecule has 0 N–H and O–H groups in total. The van der Waals surface area contributed by atoms with Crippen molar-refractivity contribution in [3.63, 3.8) is 0 Å². The quantitative estimate of drug-likeness (QED) is 0.339. The molecule has 0 saturated heterocycles. The molecule has 0 aliphatic heterocycles. The number of hydrogen-bond acceptors (Lipinski definition) is 4. The van der Waals surface area contributed by atoms with Crippen LogP contribution in [0.25, 0.3) is 11.6 Å². The summed E-state index contributed by atoms with van der Waals surface area (Å²) >= 11 is 5.80. The second kappa shape index (κ2) is 8.09.